The van der Waals surface area contributed by atoms with Crippen molar-refractivity contribution < 1.29 is 9.53 Å². The highest BCUT2D eigenvalue weighted by Crippen LogP contribution is 2.28. The molecule has 2 aromatic rings. The number of halogens is 1. The zero-order valence-electron chi connectivity index (χ0n) is 15.4. The molecule has 0 unspecified atom stereocenters. The SMILES string of the molecule is CC(C)(C)OC=O.Clc1nnc(N2CCNCC2)cc1-c1ccccc1. The predicted molar refractivity (Wildman–Crippen MR) is 104 cm³/mol. The molecule has 26 heavy (non-hydrogen) atoms. The minimum Gasteiger partial charge on any atom is -0.462 e. The maximum atomic E-state index is 9.60. The Morgan fingerprint density at radius 3 is 2.35 bits per heavy atom. The van der Waals surface area contributed by atoms with E-state index in [0.29, 0.717) is 11.6 Å². The Hall–Kier alpha value is -2.18. The number of nitrogens with zero attached hydrogens (tertiary/aromatic N) is 3. The lowest BCUT2D eigenvalue weighted by Gasteiger charge is -2.28. The van der Waals surface area contributed by atoms with E-state index in [1.807, 2.05) is 57.2 Å². The molecular formula is C19H25ClN4O2. The zero-order chi connectivity index (χ0) is 19.0. The lowest BCUT2D eigenvalue weighted by atomic mass is 10.1. The fourth-order valence-electron chi connectivity index (χ4n) is 2.38. The summed E-state index contributed by atoms with van der Waals surface area (Å²) in [5, 5.41) is 12.1. The highest BCUT2D eigenvalue weighted by Gasteiger charge is 2.15. The Balaban J connectivity index is 0.000000298. The van der Waals surface area contributed by atoms with Gasteiger partial charge in [-0.3, -0.25) is 4.79 Å². The Bertz CT molecular complexity index is 698. The van der Waals surface area contributed by atoms with Gasteiger partial charge in [0.05, 0.1) is 0 Å². The second kappa shape index (κ2) is 9.50. The highest BCUT2D eigenvalue weighted by molar-refractivity contribution is 6.32. The van der Waals surface area contributed by atoms with E-state index in [1.165, 1.54) is 0 Å². The van der Waals surface area contributed by atoms with E-state index in [-0.39, 0.29) is 5.60 Å². The van der Waals surface area contributed by atoms with Crippen LogP contribution in [0, 0.1) is 0 Å². The van der Waals surface area contributed by atoms with Crippen molar-refractivity contribution in [1.82, 2.24) is 15.5 Å². The first kappa shape index (κ1) is 20.1. The van der Waals surface area contributed by atoms with Crippen LogP contribution in [-0.4, -0.2) is 48.4 Å². The minimum absolute atomic E-state index is 0.318. The molecule has 3 rings (SSSR count). The molecule has 0 atom stereocenters. The molecule has 0 radical (unpaired) electrons. The van der Waals surface area contributed by atoms with E-state index < -0.39 is 0 Å². The normalized spacial score (nSPS) is 14.2. The summed E-state index contributed by atoms with van der Waals surface area (Å²) in [5.74, 6) is 0.893. The monoisotopic (exact) mass is 376 g/mol. The molecule has 1 aromatic carbocycles. The van der Waals surface area contributed by atoms with Crippen LogP contribution in [0.4, 0.5) is 5.82 Å². The molecule has 0 aliphatic carbocycles. The molecule has 1 aliphatic heterocycles. The number of hydrogen-bond donors (Lipinski definition) is 1. The van der Waals surface area contributed by atoms with E-state index >= 15 is 0 Å². The van der Waals surface area contributed by atoms with Gasteiger partial charge >= 0.3 is 0 Å². The van der Waals surface area contributed by atoms with E-state index in [0.717, 1.165) is 43.1 Å². The van der Waals surface area contributed by atoms with Crippen LogP contribution in [-0.2, 0) is 9.53 Å². The molecule has 0 spiro atoms. The topological polar surface area (TPSA) is 67.3 Å². The number of carbonyl (C=O) groups excluding carboxylic acids is 1. The van der Waals surface area contributed by atoms with Crippen molar-refractivity contribution in [2.75, 3.05) is 31.1 Å². The number of nitrogens with one attached hydrogen (secondary N) is 1. The van der Waals surface area contributed by atoms with Crippen LogP contribution in [0.2, 0.25) is 5.15 Å². The van der Waals surface area contributed by atoms with Gasteiger partial charge in [0.2, 0.25) is 0 Å². The molecule has 6 nitrogen and oxygen atoms in total. The van der Waals surface area contributed by atoms with Crippen molar-refractivity contribution in [2.24, 2.45) is 0 Å². The van der Waals surface area contributed by atoms with Gasteiger partial charge in [-0.1, -0.05) is 41.9 Å². The number of ether oxygens (including phenoxy) is 1. The standard InChI is InChI=1S/C14H15ClN4.C5H10O2/c15-14-12(11-4-2-1-3-5-11)10-13(17-18-14)19-8-6-16-7-9-19;1-5(2,3)7-4-6/h1-5,10,16H,6-9H2;4H,1-3H3. The van der Waals surface area contributed by atoms with Crippen molar-refractivity contribution in [1.29, 1.82) is 0 Å². The number of anilines is 1. The average molecular weight is 377 g/mol. The van der Waals surface area contributed by atoms with Gasteiger partial charge in [0.25, 0.3) is 6.47 Å². The number of carbonyl (C=O) groups is 1. The minimum atomic E-state index is -0.318. The molecule has 140 valence electrons. The predicted octanol–water partition coefficient (Wildman–Crippen LogP) is 3.16. The molecule has 0 saturated carbocycles. The van der Waals surface area contributed by atoms with Crippen LogP contribution in [0.1, 0.15) is 20.8 Å². The Labute approximate surface area is 159 Å². The molecule has 1 saturated heterocycles. The summed E-state index contributed by atoms with van der Waals surface area (Å²) in [6.45, 7) is 9.77. The Kier molecular flexibility index (Phi) is 7.36. The third kappa shape index (κ3) is 6.28. The lowest BCUT2D eigenvalue weighted by molar-refractivity contribution is -0.138. The summed E-state index contributed by atoms with van der Waals surface area (Å²) in [6, 6.07) is 12.1. The molecule has 7 heteroatoms. The van der Waals surface area contributed by atoms with Crippen molar-refractivity contribution in [3.05, 3.63) is 41.6 Å². The average Bonchev–Trinajstić information content (AvgIpc) is 2.63. The molecule has 0 amide bonds. The quantitative estimate of drug-likeness (QED) is 0.830. The van der Waals surface area contributed by atoms with Gasteiger partial charge in [0.1, 0.15) is 5.60 Å². The second-order valence-corrected chi connectivity index (χ2v) is 7.19. The lowest BCUT2D eigenvalue weighted by Crippen LogP contribution is -2.44. The van der Waals surface area contributed by atoms with Crippen LogP contribution in [0.15, 0.2) is 36.4 Å². The zero-order valence-corrected chi connectivity index (χ0v) is 16.2. The maximum Gasteiger partial charge on any atom is 0.293 e. The summed E-state index contributed by atoms with van der Waals surface area (Å²) in [4.78, 5) is 11.8. The van der Waals surface area contributed by atoms with Gasteiger partial charge in [-0.05, 0) is 32.4 Å². The molecule has 1 aromatic heterocycles. The van der Waals surface area contributed by atoms with Gasteiger partial charge in [-0.15, -0.1) is 10.2 Å². The molecule has 2 heterocycles. The van der Waals surface area contributed by atoms with Gasteiger partial charge in [0.15, 0.2) is 11.0 Å². The van der Waals surface area contributed by atoms with E-state index in [2.05, 4.69) is 25.2 Å². The molecule has 1 N–H and O–H groups in total. The first-order chi connectivity index (χ1) is 12.4. The van der Waals surface area contributed by atoms with Crippen LogP contribution in [0.3, 0.4) is 0 Å². The second-order valence-electron chi connectivity index (χ2n) is 6.84. The fraction of sp³-hybridized carbons (Fsp3) is 0.421. The Morgan fingerprint density at radius 2 is 1.81 bits per heavy atom. The van der Waals surface area contributed by atoms with Crippen molar-refractivity contribution in [3.63, 3.8) is 0 Å². The Morgan fingerprint density at radius 1 is 1.15 bits per heavy atom. The molecule has 1 aliphatic rings. The van der Waals surface area contributed by atoms with E-state index in [9.17, 15) is 4.79 Å². The van der Waals surface area contributed by atoms with Gasteiger partial charge < -0.3 is 15.0 Å². The fourth-order valence-corrected chi connectivity index (χ4v) is 2.58. The number of rotatable bonds is 3. The van der Waals surface area contributed by atoms with E-state index in [1.54, 1.807) is 0 Å². The summed E-state index contributed by atoms with van der Waals surface area (Å²) < 4.78 is 4.55. The molecule has 0 bridgehead atoms. The van der Waals surface area contributed by atoms with Gasteiger partial charge in [-0.25, -0.2) is 0 Å². The highest BCUT2D eigenvalue weighted by atomic mass is 35.5. The first-order valence-corrected chi connectivity index (χ1v) is 8.94. The third-order valence-electron chi connectivity index (χ3n) is 3.66. The van der Waals surface area contributed by atoms with Crippen molar-refractivity contribution >= 4 is 23.9 Å². The smallest absolute Gasteiger partial charge is 0.293 e. The van der Waals surface area contributed by atoms with Crippen LogP contribution in [0.5, 0.6) is 0 Å². The molecule has 1 fully saturated rings. The summed E-state index contributed by atoms with van der Waals surface area (Å²) in [6.07, 6.45) is 0. The largest absolute Gasteiger partial charge is 0.462 e. The van der Waals surface area contributed by atoms with E-state index in [4.69, 9.17) is 11.6 Å². The number of hydrogen-bond acceptors (Lipinski definition) is 6. The molecular weight excluding hydrogens is 352 g/mol. The number of benzene rings is 1. The number of aromatic nitrogens is 2. The van der Waals surface area contributed by atoms with Gasteiger partial charge in [0, 0.05) is 31.7 Å². The van der Waals surface area contributed by atoms with Crippen LogP contribution in [0.25, 0.3) is 11.1 Å². The first-order valence-electron chi connectivity index (χ1n) is 8.56. The third-order valence-corrected chi connectivity index (χ3v) is 3.94. The summed E-state index contributed by atoms with van der Waals surface area (Å²) in [7, 11) is 0. The van der Waals surface area contributed by atoms with Crippen molar-refractivity contribution in [3.8, 4) is 11.1 Å². The van der Waals surface area contributed by atoms with Gasteiger partial charge in [-0.2, -0.15) is 0 Å². The van der Waals surface area contributed by atoms with Crippen molar-refractivity contribution in [2.45, 2.75) is 26.4 Å². The van der Waals surface area contributed by atoms with Crippen LogP contribution < -0.4 is 10.2 Å². The maximum absolute atomic E-state index is 9.60. The summed E-state index contributed by atoms with van der Waals surface area (Å²) in [5.41, 5.74) is 1.69. The number of piperazine rings is 1. The van der Waals surface area contributed by atoms with Crippen LogP contribution >= 0.6 is 11.6 Å². The summed E-state index contributed by atoms with van der Waals surface area (Å²) >= 11 is 6.17.